The molecule has 0 aliphatic carbocycles. The smallest absolute Gasteiger partial charge is 0.223 e. The van der Waals surface area contributed by atoms with Crippen LogP contribution in [0.25, 0.3) is 0 Å². The molecule has 5 heteroatoms. The van der Waals surface area contributed by atoms with E-state index in [1.54, 1.807) is 14.1 Å². The number of benzene rings is 1. The van der Waals surface area contributed by atoms with Gasteiger partial charge in [0.15, 0.2) is 0 Å². The molecule has 1 aromatic carbocycles. The Morgan fingerprint density at radius 2 is 2.19 bits per heavy atom. The van der Waals surface area contributed by atoms with Crippen molar-refractivity contribution in [3.8, 4) is 0 Å². The molecule has 0 fully saturated rings. The second kappa shape index (κ2) is 5.27. The molecule has 1 rings (SSSR count). The molecular formula is C11H14ClFN2O. The highest BCUT2D eigenvalue weighted by molar-refractivity contribution is 6.30. The van der Waals surface area contributed by atoms with Crippen LogP contribution in [0.4, 0.5) is 4.39 Å². The van der Waals surface area contributed by atoms with Crippen LogP contribution in [0, 0.1) is 5.82 Å². The number of hydrogen-bond donors (Lipinski definition) is 1. The van der Waals surface area contributed by atoms with Gasteiger partial charge in [-0.1, -0.05) is 17.7 Å². The van der Waals surface area contributed by atoms with Gasteiger partial charge in [-0.15, -0.1) is 0 Å². The van der Waals surface area contributed by atoms with E-state index in [2.05, 4.69) is 0 Å². The Balaban J connectivity index is 2.77. The number of hydrogen-bond acceptors (Lipinski definition) is 2. The number of carbonyl (C=O) groups is 1. The van der Waals surface area contributed by atoms with Crippen molar-refractivity contribution in [3.05, 3.63) is 34.6 Å². The average molecular weight is 245 g/mol. The molecule has 88 valence electrons. The third-order valence-corrected chi connectivity index (χ3v) is 2.55. The molecule has 0 radical (unpaired) electrons. The maximum absolute atomic E-state index is 12.9. The first kappa shape index (κ1) is 12.9. The van der Waals surface area contributed by atoms with E-state index in [1.807, 2.05) is 0 Å². The van der Waals surface area contributed by atoms with Crippen LogP contribution in [0.3, 0.4) is 0 Å². The van der Waals surface area contributed by atoms with Crippen LogP contribution in [-0.2, 0) is 4.79 Å². The maximum Gasteiger partial charge on any atom is 0.223 e. The van der Waals surface area contributed by atoms with Crippen LogP contribution in [0.5, 0.6) is 0 Å². The van der Waals surface area contributed by atoms with E-state index in [0.717, 1.165) is 0 Å². The van der Waals surface area contributed by atoms with E-state index in [0.29, 0.717) is 5.56 Å². The lowest BCUT2D eigenvalue weighted by Crippen LogP contribution is -2.26. The Morgan fingerprint density at radius 3 is 2.69 bits per heavy atom. The van der Waals surface area contributed by atoms with E-state index in [1.165, 1.54) is 23.1 Å². The molecule has 0 aliphatic heterocycles. The first-order chi connectivity index (χ1) is 7.41. The molecule has 0 aliphatic rings. The number of nitrogens with zero attached hydrogens (tertiary/aromatic N) is 1. The third-order valence-electron chi connectivity index (χ3n) is 2.27. The van der Waals surface area contributed by atoms with Crippen LogP contribution >= 0.6 is 11.6 Å². The lowest BCUT2D eigenvalue weighted by Gasteiger charge is -2.15. The summed E-state index contributed by atoms with van der Waals surface area (Å²) < 4.78 is 12.9. The maximum atomic E-state index is 12.9. The summed E-state index contributed by atoms with van der Waals surface area (Å²) in [7, 11) is 3.32. The third kappa shape index (κ3) is 3.18. The monoisotopic (exact) mass is 244 g/mol. The van der Waals surface area contributed by atoms with Crippen molar-refractivity contribution in [2.75, 3.05) is 14.1 Å². The molecule has 0 spiro atoms. The summed E-state index contributed by atoms with van der Waals surface area (Å²) in [6.45, 7) is 0. The highest BCUT2D eigenvalue weighted by Crippen LogP contribution is 2.21. The fourth-order valence-corrected chi connectivity index (χ4v) is 1.42. The van der Waals surface area contributed by atoms with E-state index >= 15 is 0 Å². The first-order valence-corrected chi connectivity index (χ1v) is 5.20. The molecule has 0 saturated carbocycles. The predicted molar refractivity (Wildman–Crippen MR) is 61.6 cm³/mol. The summed E-state index contributed by atoms with van der Waals surface area (Å²) in [6, 6.07) is 3.77. The van der Waals surface area contributed by atoms with Gasteiger partial charge in [0.05, 0.1) is 5.02 Å². The molecule has 0 bridgehead atoms. The fraction of sp³-hybridized carbons (Fsp3) is 0.364. The zero-order valence-corrected chi connectivity index (χ0v) is 9.96. The molecule has 3 nitrogen and oxygen atoms in total. The second-order valence-corrected chi connectivity index (χ2v) is 4.18. The van der Waals surface area contributed by atoms with E-state index < -0.39 is 11.9 Å². The molecule has 1 amide bonds. The quantitative estimate of drug-likeness (QED) is 0.884. The van der Waals surface area contributed by atoms with Gasteiger partial charge in [0, 0.05) is 26.6 Å². The molecule has 0 heterocycles. The second-order valence-electron chi connectivity index (χ2n) is 3.77. The summed E-state index contributed by atoms with van der Waals surface area (Å²) in [6.07, 6.45) is 0.176. The van der Waals surface area contributed by atoms with Crippen molar-refractivity contribution < 1.29 is 9.18 Å². The molecule has 0 saturated heterocycles. The van der Waals surface area contributed by atoms with Crippen molar-refractivity contribution in [2.45, 2.75) is 12.5 Å². The molecule has 0 aromatic heterocycles. The summed E-state index contributed by atoms with van der Waals surface area (Å²) >= 11 is 5.63. The zero-order chi connectivity index (χ0) is 12.3. The number of rotatable bonds is 3. The minimum Gasteiger partial charge on any atom is -0.349 e. The SMILES string of the molecule is CN(C)C(=O)CC(N)c1ccc(F)c(Cl)c1. The lowest BCUT2D eigenvalue weighted by molar-refractivity contribution is -0.129. The average Bonchev–Trinajstić information content (AvgIpc) is 2.21. The number of halogens is 2. The first-order valence-electron chi connectivity index (χ1n) is 4.82. The van der Waals surface area contributed by atoms with Crippen molar-refractivity contribution in [1.82, 2.24) is 4.90 Å². The van der Waals surface area contributed by atoms with Crippen molar-refractivity contribution in [1.29, 1.82) is 0 Å². The van der Waals surface area contributed by atoms with Crippen molar-refractivity contribution in [2.24, 2.45) is 5.73 Å². The highest BCUT2D eigenvalue weighted by Gasteiger charge is 2.14. The van der Waals surface area contributed by atoms with E-state index in [9.17, 15) is 9.18 Å². The van der Waals surface area contributed by atoms with Gasteiger partial charge >= 0.3 is 0 Å². The number of nitrogens with two attached hydrogens (primary N) is 1. The molecule has 1 unspecified atom stereocenters. The van der Waals surface area contributed by atoms with Gasteiger partial charge in [0.2, 0.25) is 5.91 Å². The van der Waals surface area contributed by atoms with Gasteiger partial charge in [-0.05, 0) is 17.7 Å². The van der Waals surface area contributed by atoms with E-state index in [4.69, 9.17) is 17.3 Å². The lowest BCUT2D eigenvalue weighted by atomic mass is 10.0. The highest BCUT2D eigenvalue weighted by atomic mass is 35.5. The molecular weight excluding hydrogens is 231 g/mol. The van der Waals surface area contributed by atoms with Gasteiger partial charge in [0.25, 0.3) is 0 Å². The number of carbonyl (C=O) groups excluding carboxylic acids is 1. The Morgan fingerprint density at radius 1 is 1.56 bits per heavy atom. The summed E-state index contributed by atoms with van der Waals surface area (Å²) in [5.41, 5.74) is 6.48. The minimum atomic E-state index is -0.489. The molecule has 1 atom stereocenters. The van der Waals surface area contributed by atoms with Crippen LogP contribution in [0.1, 0.15) is 18.0 Å². The normalized spacial score (nSPS) is 12.3. The van der Waals surface area contributed by atoms with Gasteiger partial charge in [-0.2, -0.15) is 0 Å². The van der Waals surface area contributed by atoms with Crippen molar-refractivity contribution in [3.63, 3.8) is 0 Å². The largest absolute Gasteiger partial charge is 0.349 e. The van der Waals surface area contributed by atoms with Gasteiger partial charge in [-0.25, -0.2) is 4.39 Å². The van der Waals surface area contributed by atoms with Crippen LogP contribution < -0.4 is 5.73 Å². The van der Waals surface area contributed by atoms with Crippen molar-refractivity contribution >= 4 is 17.5 Å². The standard InChI is InChI=1S/C11H14ClFN2O/c1-15(2)11(16)6-10(14)7-3-4-9(13)8(12)5-7/h3-5,10H,6,14H2,1-2H3. The Hall–Kier alpha value is -1.13. The van der Waals surface area contributed by atoms with Gasteiger partial charge in [0.1, 0.15) is 5.82 Å². The van der Waals surface area contributed by atoms with Crippen LogP contribution in [0.2, 0.25) is 5.02 Å². The minimum absolute atomic E-state index is 0.0188. The van der Waals surface area contributed by atoms with E-state index in [-0.39, 0.29) is 17.4 Å². The van der Waals surface area contributed by atoms with Gasteiger partial charge < -0.3 is 10.6 Å². The van der Waals surface area contributed by atoms with Gasteiger partial charge in [-0.3, -0.25) is 4.79 Å². The summed E-state index contributed by atoms with van der Waals surface area (Å²) in [5, 5.41) is 0.0188. The predicted octanol–water partition coefficient (Wildman–Crippen LogP) is 1.96. The zero-order valence-electron chi connectivity index (χ0n) is 9.21. The van der Waals surface area contributed by atoms with Crippen LogP contribution in [0.15, 0.2) is 18.2 Å². The van der Waals surface area contributed by atoms with Crippen LogP contribution in [-0.4, -0.2) is 24.9 Å². The Labute approximate surface area is 99.0 Å². The summed E-state index contributed by atoms with van der Waals surface area (Å²) in [4.78, 5) is 12.9. The number of amides is 1. The summed E-state index contributed by atoms with van der Waals surface area (Å²) in [5.74, 6) is -0.565. The Bertz CT molecular complexity index is 396. The molecule has 1 aromatic rings. The topological polar surface area (TPSA) is 46.3 Å². The molecule has 2 N–H and O–H groups in total. The Kier molecular flexibility index (Phi) is 4.26. The molecule has 16 heavy (non-hydrogen) atoms. The fourth-order valence-electron chi connectivity index (χ4n) is 1.23.